The van der Waals surface area contributed by atoms with Gasteiger partial charge in [-0.25, -0.2) is 8.42 Å². The molecular weight excluding hydrogens is 482 g/mol. The van der Waals surface area contributed by atoms with Crippen LogP contribution in [0.2, 0.25) is 0 Å². The summed E-state index contributed by atoms with van der Waals surface area (Å²) in [6.07, 6.45) is -9.21. The van der Waals surface area contributed by atoms with E-state index in [2.05, 4.69) is 4.99 Å². The fraction of sp³-hybridized carbons (Fsp3) is 0.579. The Labute approximate surface area is 185 Å². The lowest BCUT2D eigenvalue weighted by Crippen LogP contribution is -2.38. The molecule has 0 radical (unpaired) electrons. The van der Waals surface area contributed by atoms with E-state index >= 15 is 0 Å². The van der Waals surface area contributed by atoms with Gasteiger partial charge in [0, 0.05) is 16.9 Å². The molecule has 2 saturated heterocycles. The molecule has 2 aliphatic heterocycles. The van der Waals surface area contributed by atoms with Crippen LogP contribution in [0.4, 0.5) is 32.0 Å². The minimum atomic E-state index is -5.06. The third kappa shape index (κ3) is 5.08. The first kappa shape index (κ1) is 24.9. The number of carbonyl (C=O) groups excluding carboxylic acids is 1. The van der Waals surface area contributed by atoms with Gasteiger partial charge < -0.3 is 4.90 Å². The Morgan fingerprint density at radius 2 is 1.59 bits per heavy atom. The molecule has 1 aromatic carbocycles. The lowest BCUT2D eigenvalue weighted by Gasteiger charge is -2.26. The van der Waals surface area contributed by atoms with Crippen molar-refractivity contribution < 1.29 is 39.6 Å². The molecule has 0 unspecified atom stereocenters. The zero-order chi connectivity index (χ0) is 24.1. The Morgan fingerprint density at radius 3 is 2.06 bits per heavy atom. The lowest BCUT2D eigenvalue weighted by atomic mass is 10.0. The molecule has 2 fully saturated rings. The predicted molar refractivity (Wildman–Crippen MR) is 109 cm³/mol. The Morgan fingerprint density at radius 1 is 1.06 bits per heavy atom. The fourth-order valence-corrected chi connectivity index (χ4v) is 7.69. The van der Waals surface area contributed by atoms with Gasteiger partial charge in [-0.05, 0) is 31.0 Å². The van der Waals surface area contributed by atoms with E-state index in [4.69, 9.17) is 0 Å². The van der Waals surface area contributed by atoms with Gasteiger partial charge in [-0.2, -0.15) is 31.3 Å². The average Bonchev–Trinajstić information content (AvgIpc) is 3.11. The van der Waals surface area contributed by atoms with E-state index in [1.54, 1.807) is 13.8 Å². The smallest absolute Gasteiger partial charge is 0.316 e. The average molecular weight is 503 g/mol. The second kappa shape index (κ2) is 8.54. The summed E-state index contributed by atoms with van der Waals surface area (Å²) >= 11 is 0.893. The Hall–Kier alpha value is -1.76. The Bertz CT molecular complexity index is 1000. The van der Waals surface area contributed by atoms with Gasteiger partial charge in [0.15, 0.2) is 15.0 Å². The van der Waals surface area contributed by atoms with Crippen LogP contribution in [0.25, 0.3) is 0 Å². The van der Waals surface area contributed by atoms with Gasteiger partial charge in [-0.15, -0.1) is 0 Å². The summed E-state index contributed by atoms with van der Waals surface area (Å²) in [7, 11) is -3.55. The molecule has 0 N–H and O–H groups in total. The maximum Gasteiger partial charge on any atom is 0.416 e. The predicted octanol–water partition coefficient (Wildman–Crippen LogP) is 4.76. The van der Waals surface area contributed by atoms with Gasteiger partial charge in [0.2, 0.25) is 0 Å². The molecule has 13 heteroatoms. The zero-order valence-electron chi connectivity index (χ0n) is 17.0. The number of sulfone groups is 1. The number of hydrogen-bond donors (Lipinski definition) is 0. The molecule has 32 heavy (non-hydrogen) atoms. The molecule has 2 heterocycles. The maximum absolute atomic E-state index is 13.3. The van der Waals surface area contributed by atoms with Crippen molar-refractivity contribution >= 4 is 38.4 Å². The summed E-state index contributed by atoms with van der Waals surface area (Å²) in [5.41, 5.74) is -3.55. The van der Waals surface area contributed by atoms with Gasteiger partial charge >= 0.3 is 12.4 Å². The first-order chi connectivity index (χ1) is 14.7. The SMILES string of the molecule is CCC(CC)C(=O)N=C1S[C@H]2CS(=O)(=O)C[C@@H]2N1c1cc(C(F)(F)F)cc(C(F)(F)F)c1. The highest BCUT2D eigenvalue weighted by molar-refractivity contribution is 8.16. The lowest BCUT2D eigenvalue weighted by molar-refractivity contribution is -0.143. The molecule has 0 bridgehead atoms. The third-order valence-corrected chi connectivity index (χ3v) is 8.67. The molecule has 1 aromatic rings. The molecule has 178 valence electrons. The van der Waals surface area contributed by atoms with Crippen LogP contribution in [0, 0.1) is 5.92 Å². The largest absolute Gasteiger partial charge is 0.416 e. The number of rotatable bonds is 4. The number of benzene rings is 1. The fourth-order valence-electron chi connectivity index (χ4n) is 3.77. The van der Waals surface area contributed by atoms with Crippen molar-refractivity contribution in [1.29, 1.82) is 0 Å². The number of carbonyl (C=O) groups is 1. The molecule has 1 amide bonds. The highest BCUT2D eigenvalue weighted by Gasteiger charge is 2.50. The van der Waals surface area contributed by atoms with Crippen molar-refractivity contribution in [3.63, 3.8) is 0 Å². The van der Waals surface area contributed by atoms with E-state index in [1.807, 2.05) is 0 Å². The van der Waals surface area contributed by atoms with Crippen LogP contribution < -0.4 is 4.90 Å². The number of hydrogen-bond acceptors (Lipinski definition) is 4. The second-order valence-corrected chi connectivity index (χ2v) is 11.0. The van der Waals surface area contributed by atoms with Crippen molar-refractivity contribution in [3.8, 4) is 0 Å². The minimum absolute atomic E-state index is 0.00174. The standard InChI is InChI=1S/C19H20F6N2O3S2/c1-3-10(4-2)16(28)26-17-27(14-8-32(29,30)9-15(14)31-17)13-6-11(18(20,21)22)5-12(7-13)19(23,24)25/h5-7,10,14-15H,3-4,8-9H2,1-2H3/t14-,15-/m0/s1. The Kier molecular flexibility index (Phi) is 6.64. The van der Waals surface area contributed by atoms with Crippen molar-refractivity contribution in [2.45, 2.75) is 50.3 Å². The molecule has 2 atom stereocenters. The van der Waals surface area contributed by atoms with E-state index in [1.165, 1.54) is 0 Å². The maximum atomic E-state index is 13.3. The second-order valence-electron chi connectivity index (χ2n) is 7.68. The minimum Gasteiger partial charge on any atom is -0.316 e. The van der Waals surface area contributed by atoms with E-state index in [-0.39, 0.29) is 17.0 Å². The van der Waals surface area contributed by atoms with Gasteiger partial charge in [0.25, 0.3) is 5.91 Å². The normalized spacial score (nSPS) is 24.4. The first-order valence-electron chi connectivity index (χ1n) is 9.74. The number of halogens is 6. The molecular formula is C19H20F6N2O3S2. The summed E-state index contributed by atoms with van der Waals surface area (Å²) in [4.78, 5) is 17.6. The number of anilines is 1. The van der Waals surface area contributed by atoms with Crippen LogP contribution in [0.5, 0.6) is 0 Å². The number of alkyl halides is 6. The molecule has 0 aliphatic carbocycles. The molecule has 0 saturated carbocycles. The number of thioether (sulfide) groups is 1. The van der Waals surface area contributed by atoms with Crippen LogP contribution in [0.1, 0.15) is 37.8 Å². The summed E-state index contributed by atoms with van der Waals surface area (Å²) in [6.45, 7) is 3.52. The van der Waals surface area contributed by atoms with Crippen molar-refractivity contribution in [2.75, 3.05) is 16.4 Å². The number of nitrogens with zero attached hydrogens (tertiary/aromatic N) is 2. The monoisotopic (exact) mass is 502 g/mol. The van der Waals surface area contributed by atoms with Crippen LogP contribution in [-0.2, 0) is 27.0 Å². The molecule has 2 aliphatic rings. The highest BCUT2D eigenvalue weighted by atomic mass is 32.2. The number of fused-ring (bicyclic) bond motifs is 1. The topological polar surface area (TPSA) is 66.8 Å². The van der Waals surface area contributed by atoms with Gasteiger partial charge in [0.1, 0.15) is 0 Å². The summed E-state index contributed by atoms with van der Waals surface area (Å²) in [6, 6.07) is 0.130. The van der Waals surface area contributed by atoms with Crippen LogP contribution in [-0.4, -0.2) is 42.3 Å². The zero-order valence-corrected chi connectivity index (χ0v) is 18.6. The van der Waals surface area contributed by atoms with E-state index in [0.29, 0.717) is 25.0 Å². The summed E-state index contributed by atoms with van der Waals surface area (Å²) < 4.78 is 104. The third-order valence-electron chi connectivity index (χ3n) is 5.46. The van der Waals surface area contributed by atoms with E-state index < -0.39 is 67.9 Å². The van der Waals surface area contributed by atoms with E-state index in [0.717, 1.165) is 16.7 Å². The number of amidine groups is 1. The van der Waals surface area contributed by atoms with Crippen LogP contribution in [0.3, 0.4) is 0 Å². The van der Waals surface area contributed by atoms with Crippen LogP contribution >= 0.6 is 11.8 Å². The summed E-state index contributed by atoms with van der Waals surface area (Å²) in [5, 5.41) is -0.739. The number of aliphatic imine (C=N–C) groups is 1. The molecule has 3 rings (SSSR count). The quantitative estimate of drug-likeness (QED) is 0.556. The molecule has 0 spiro atoms. The molecule has 5 nitrogen and oxygen atoms in total. The van der Waals surface area contributed by atoms with Gasteiger partial charge in [-0.1, -0.05) is 25.6 Å². The molecule has 0 aromatic heterocycles. The van der Waals surface area contributed by atoms with Gasteiger partial charge in [-0.3, -0.25) is 4.79 Å². The summed E-state index contributed by atoms with van der Waals surface area (Å²) in [5.74, 6) is -1.77. The van der Waals surface area contributed by atoms with Crippen molar-refractivity contribution in [1.82, 2.24) is 0 Å². The van der Waals surface area contributed by atoms with Crippen molar-refractivity contribution in [2.24, 2.45) is 10.9 Å². The van der Waals surface area contributed by atoms with E-state index in [9.17, 15) is 39.6 Å². The van der Waals surface area contributed by atoms with Gasteiger partial charge in [0.05, 0.1) is 28.7 Å². The number of amides is 1. The highest BCUT2D eigenvalue weighted by Crippen LogP contribution is 2.44. The Balaban J connectivity index is 2.16. The van der Waals surface area contributed by atoms with Crippen LogP contribution in [0.15, 0.2) is 23.2 Å². The van der Waals surface area contributed by atoms with Crippen molar-refractivity contribution in [3.05, 3.63) is 29.3 Å². The first-order valence-corrected chi connectivity index (χ1v) is 12.4.